The van der Waals surface area contributed by atoms with Gasteiger partial charge in [-0.3, -0.25) is 19.6 Å². The van der Waals surface area contributed by atoms with Crippen LogP contribution >= 0.6 is 0 Å². The van der Waals surface area contributed by atoms with Crippen LogP contribution in [0, 0.1) is 11.8 Å². The van der Waals surface area contributed by atoms with Crippen LogP contribution in [-0.2, 0) is 31.9 Å². The van der Waals surface area contributed by atoms with Crippen molar-refractivity contribution >= 4 is 46.8 Å². The lowest BCUT2D eigenvalue weighted by molar-refractivity contribution is -0.135. The van der Waals surface area contributed by atoms with Crippen molar-refractivity contribution in [2.45, 2.75) is 143 Å². The van der Waals surface area contributed by atoms with Crippen molar-refractivity contribution in [3.05, 3.63) is 71.8 Å². The average Bonchev–Trinajstić information content (AvgIpc) is 4.02. The molecule has 2 N–H and O–H groups in total. The quantitative estimate of drug-likeness (QED) is 0.208. The highest BCUT2D eigenvalue weighted by atomic mass is 16.6. The van der Waals surface area contributed by atoms with E-state index in [1.165, 1.54) is 0 Å². The number of ether oxygens (including phenoxy) is 2. The Morgan fingerprint density at radius 1 is 0.581 bits per heavy atom. The Morgan fingerprint density at radius 2 is 0.935 bits per heavy atom. The van der Waals surface area contributed by atoms with Crippen molar-refractivity contribution in [3.63, 3.8) is 0 Å². The number of alkyl carbamates (subject to hydrolysis) is 2. The van der Waals surface area contributed by atoms with Crippen LogP contribution in [0.4, 0.5) is 21.0 Å². The Kier molecular flexibility index (Phi) is 12.7. The molecule has 0 radical (unpaired) electrons. The number of rotatable bonds is 10. The van der Waals surface area contributed by atoms with Crippen molar-refractivity contribution in [1.82, 2.24) is 20.4 Å². The first-order valence-electron chi connectivity index (χ1n) is 22.4. The number of nitrogens with zero attached hydrogens (tertiary/aromatic N) is 4. The van der Waals surface area contributed by atoms with Gasteiger partial charge < -0.3 is 29.9 Å². The lowest BCUT2D eigenvalue weighted by atomic mass is 9.95. The molecular formula is C50H64N6O6. The van der Waals surface area contributed by atoms with Gasteiger partial charge in [0.05, 0.1) is 23.5 Å². The Labute approximate surface area is 366 Å². The fourth-order valence-electron chi connectivity index (χ4n) is 9.06. The first-order valence-corrected chi connectivity index (χ1v) is 22.4. The lowest BCUT2D eigenvalue weighted by Gasteiger charge is -2.31. The molecule has 3 aromatic carbocycles. The Morgan fingerprint density at radius 3 is 1.27 bits per heavy atom. The summed E-state index contributed by atoms with van der Waals surface area (Å²) in [5.74, 6) is -0.402. The van der Waals surface area contributed by atoms with Gasteiger partial charge >= 0.3 is 12.2 Å². The molecule has 12 heteroatoms. The van der Waals surface area contributed by atoms with E-state index in [0.29, 0.717) is 25.9 Å². The van der Waals surface area contributed by atoms with Crippen LogP contribution in [0.5, 0.6) is 0 Å². The number of likely N-dealkylation sites (tertiary alicyclic amines) is 2. The zero-order valence-corrected chi connectivity index (χ0v) is 38.1. The van der Waals surface area contributed by atoms with Crippen LogP contribution < -0.4 is 10.6 Å². The lowest BCUT2D eigenvalue weighted by Crippen LogP contribution is -2.54. The largest absolute Gasteiger partial charge is 0.444 e. The zero-order valence-electron chi connectivity index (χ0n) is 38.1. The second kappa shape index (κ2) is 17.7. The molecule has 7 rings (SSSR count). The number of amides is 4. The summed E-state index contributed by atoms with van der Waals surface area (Å²) in [6.45, 7) is 19.9. The van der Waals surface area contributed by atoms with Gasteiger partial charge in [-0.15, -0.1) is 0 Å². The summed E-state index contributed by atoms with van der Waals surface area (Å²) >= 11 is 0. The van der Waals surface area contributed by atoms with Crippen molar-refractivity contribution < 1.29 is 28.7 Å². The van der Waals surface area contributed by atoms with Crippen LogP contribution in [0.2, 0.25) is 0 Å². The maximum atomic E-state index is 13.9. The van der Waals surface area contributed by atoms with Crippen molar-refractivity contribution in [1.29, 1.82) is 0 Å². The second-order valence-corrected chi connectivity index (χ2v) is 19.9. The van der Waals surface area contributed by atoms with Crippen molar-refractivity contribution in [3.8, 4) is 22.3 Å². The molecular weight excluding hydrogens is 781 g/mol. The Bertz CT molecular complexity index is 2110. The maximum absolute atomic E-state index is 13.9. The summed E-state index contributed by atoms with van der Waals surface area (Å²) in [7, 11) is 0. The third kappa shape index (κ3) is 10.1. The van der Waals surface area contributed by atoms with Crippen LogP contribution in [0.15, 0.2) is 70.6 Å². The highest BCUT2D eigenvalue weighted by Crippen LogP contribution is 2.38. The third-order valence-corrected chi connectivity index (χ3v) is 12.0. The molecule has 0 aliphatic carbocycles. The number of benzene rings is 3. The van der Waals surface area contributed by atoms with Gasteiger partial charge in [0.2, 0.25) is 11.8 Å². The standard InChI is InChI=1S/C50H64N6O6/c1-29(2)43(53-47(59)61-49(5,6)7)45(57)55-23-11-13-41(55)39-27-35-25-33(19-21-37(35)51-39)31-15-17-32(18-16-31)34-20-22-38-36(26-34)28-40(52-38)42-14-12-24-56(42)46(58)44(30(3)4)54-48(60)62-50(8,9)10/h15-22,25-26,29-30,41-44H,11-14,23-24,27-28H2,1-10H3,(H,53,59)(H,54,60)/t41-,42-,43-,44-/m0/s1. The summed E-state index contributed by atoms with van der Waals surface area (Å²) < 4.78 is 11.0. The highest BCUT2D eigenvalue weighted by Gasteiger charge is 2.41. The van der Waals surface area contributed by atoms with E-state index in [-0.39, 0.29) is 35.7 Å². The molecule has 12 nitrogen and oxygen atoms in total. The monoisotopic (exact) mass is 844 g/mol. The van der Waals surface area contributed by atoms with Gasteiger partial charge in [0.25, 0.3) is 0 Å². The van der Waals surface area contributed by atoms with E-state index in [1.807, 2.05) is 79.0 Å². The first kappa shape index (κ1) is 44.5. The summed E-state index contributed by atoms with van der Waals surface area (Å²) in [6.07, 6.45) is 3.63. The van der Waals surface area contributed by atoms with Gasteiger partial charge in [-0.1, -0.05) is 64.1 Å². The van der Waals surface area contributed by atoms with Crippen LogP contribution in [0.3, 0.4) is 0 Å². The van der Waals surface area contributed by atoms with Gasteiger partial charge in [0.1, 0.15) is 23.3 Å². The molecule has 4 aliphatic heterocycles. The number of nitrogens with one attached hydrogen (secondary N) is 2. The molecule has 3 aromatic rings. The van der Waals surface area contributed by atoms with Gasteiger partial charge in [0, 0.05) is 37.4 Å². The van der Waals surface area contributed by atoms with E-state index in [4.69, 9.17) is 19.5 Å². The highest BCUT2D eigenvalue weighted by molar-refractivity contribution is 6.02. The molecule has 4 amide bonds. The SMILES string of the molecule is CC(C)[C@H](NC(=O)OC(C)(C)C)C(=O)N1CCC[C@H]1C1=Nc2ccc(-c3ccc(-c4ccc5c(c4)CC([C@@H]4CCCN4C(=O)[C@@H](NC(=O)OC(C)(C)C)C(C)C)=N5)cc3)cc2C1. The predicted molar refractivity (Wildman–Crippen MR) is 244 cm³/mol. The number of hydrogen-bond donors (Lipinski definition) is 2. The molecule has 62 heavy (non-hydrogen) atoms. The molecule has 2 saturated heterocycles. The van der Waals surface area contributed by atoms with E-state index in [0.717, 1.165) is 81.9 Å². The number of hydrogen-bond acceptors (Lipinski definition) is 8. The van der Waals surface area contributed by atoms with Crippen molar-refractivity contribution in [2.24, 2.45) is 21.8 Å². The van der Waals surface area contributed by atoms with Crippen molar-refractivity contribution in [2.75, 3.05) is 13.1 Å². The summed E-state index contributed by atoms with van der Waals surface area (Å²) in [6, 6.07) is 19.8. The Hall–Kier alpha value is -5.52. The van der Waals surface area contributed by atoms with E-state index in [9.17, 15) is 19.2 Å². The first-order chi connectivity index (χ1) is 29.2. The minimum Gasteiger partial charge on any atom is -0.444 e. The molecule has 0 spiro atoms. The smallest absolute Gasteiger partial charge is 0.408 e. The van der Waals surface area contributed by atoms with E-state index >= 15 is 0 Å². The molecule has 2 fully saturated rings. The number of carbonyl (C=O) groups excluding carboxylic acids is 4. The van der Waals surface area contributed by atoms with Gasteiger partial charge in [-0.25, -0.2) is 9.59 Å². The Balaban J connectivity index is 0.982. The number of fused-ring (bicyclic) bond motifs is 2. The molecule has 0 bridgehead atoms. The molecule has 4 aliphatic rings. The molecule has 0 saturated carbocycles. The maximum Gasteiger partial charge on any atom is 0.408 e. The van der Waals surface area contributed by atoms with Crippen LogP contribution in [-0.4, -0.2) is 93.7 Å². The normalized spacial score (nSPS) is 19.5. The van der Waals surface area contributed by atoms with Gasteiger partial charge in [0.15, 0.2) is 0 Å². The fourth-order valence-corrected chi connectivity index (χ4v) is 9.06. The molecule has 0 unspecified atom stereocenters. The third-order valence-electron chi connectivity index (χ3n) is 12.0. The summed E-state index contributed by atoms with van der Waals surface area (Å²) in [5.41, 5.74) is 9.25. The topological polar surface area (TPSA) is 142 Å². The van der Waals surface area contributed by atoms with Crippen LogP contribution in [0.1, 0.15) is 106 Å². The van der Waals surface area contributed by atoms with Gasteiger partial charge in [-0.2, -0.15) is 0 Å². The molecule has 4 heterocycles. The minimum atomic E-state index is -0.688. The summed E-state index contributed by atoms with van der Waals surface area (Å²) in [4.78, 5) is 67.0. The van der Waals surface area contributed by atoms with E-state index in [2.05, 4.69) is 71.3 Å². The molecule has 0 aromatic heterocycles. The molecule has 4 atom stereocenters. The molecule has 330 valence electrons. The average molecular weight is 845 g/mol. The zero-order chi connectivity index (χ0) is 44.7. The second-order valence-electron chi connectivity index (χ2n) is 19.9. The number of aliphatic imine (C=N–C) groups is 2. The minimum absolute atomic E-state index is 0.0950. The van der Waals surface area contributed by atoms with Gasteiger partial charge in [-0.05, 0) is 137 Å². The van der Waals surface area contributed by atoms with E-state index < -0.39 is 35.5 Å². The van der Waals surface area contributed by atoms with Crippen LogP contribution in [0.25, 0.3) is 22.3 Å². The van der Waals surface area contributed by atoms with E-state index in [1.54, 1.807) is 0 Å². The predicted octanol–water partition coefficient (Wildman–Crippen LogP) is 9.36. The fraction of sp³-hybridized carbons (Fsp3) is 0.520. The summed E-state index contributed by atoms with van der Waals surface area (Å²) in [5, 5.41) is 5.68. The number of carbonyl (C=O) groups is 4.